The quantitative estimate of drug-likeness (QED) is 0.355. The second-order valence-electron chi connectivity index (χ2n) is 9.17. The zero-order valence-electron chi connectivity index (χ0n) is 18.7. The van der Waals surface area contributed by atoms with Gasteiger partial charge in [0.15, 0.2) is 5.22 Å². The number of carbonyl (C=O) groups excluding carboxylic acids is 1. The summed E-state index contributed by atoms with van der Waals surface area (Å²) < 4.78 is 5.88. The molecule has 3 unspecified atom stereocenters. The predicted molar refractivity (Wildman–Crippen MR) is 130 cm³/mol. The van der Waals surface area contributed by atoms with Crippen LogP contribution in [0.15, 0.2) is 59.1 Å². The molecule has 1 aliphatic carbocycles. The first-order valence-electron chi connectivity index (χ1n) is 11.2. The Morgan fingerprint density at radius 1 is 1.24 bits per heavy atom. The summed E-state index contributed by atoms with van der Waals surface area (Å²) in [5.41, 5.74) is 11.6. The minimum absolute atomic E-state index is 0.0590. The SMILES string of the molecule is Cc1ccc(C(c2ccc(Cl)o2)C2CC2(C(N)=O)c2ccc3[nH]cc(CCO)c3c2)c(C)c1. The van der Waals surface area contributed by atoms with Gasteiger partial charge in [-0.25, -0.2) is 0 Å². The maximum atomic E-state index is 13.0. The number of halogens is 1. The Morgan fingerprint density at radius 2 is 2.06 bits per heavy atom. The molecule has 0 bridgehead atoms. The highest BCUT2D eigenvalue weighted by atomic mass is 35.5. The van der Waals surface area contributed by atoms with Gasteiger partial charge in [0.1, 0.15) is 5.76 Å². The molecule has 33 heavy (non-hydrogen) atoms. The zero-order chi connectivity index (χ0) is 23.3. The number of amides is 1. The molecule has 1 fully saturated rings. The Labute approximate surface area is 197 Å². The molecule has 2 heterocycles. The zero-order valence-corrected chi connectivity index (χ0v) is 19.4. The van der Waals surface area contributed by atoms with Gasteiger partial charge in [0.05, 0.1) is 5.41 Å². The van der Waals surface area contributed by atoms with Crippen molar-refractivity contribution >= 4 is 28.4 Å². The Bertz CT molecular complexity index is 1350. The van der Waals surface area contributed by atoms with Gasteiger partial charge in [-0.05, 0) is 90.7 Å². The number of nitrogens with one attached hydrogen (secondary N) is 1. The lowest BCUT2D eigenvalue weighted by atomic mass is 9.81. The first kappa shape index (κ1) is 21.8. The number of primary amides is 1. The molecule has 170 valence electrons. The first-order chi connectivity index (χ1) is 15.8. The van der Waals surface area contributed by atoms with Gasteiger partial charge in [0.2, 0.25) is 5.91 Å². The lowest BCUT2D eigenvalue weighted by Crippen LogP contribution is -2.32. The number of aromatic amines is 1. The van der Waals surface area contributed by atoms with Crippen LogP contribution in [0.25, 0.3) is 10.9 Å². The van der Waals surface area contributed by atoms with Crippen molar-refractivity contribution in [3.63, 3.8) is 0 Å². The van der Waals surface area contributed by atoms with E-state index in [1.54, 1.807) is 6.07 Å². The third kappa shape index (κ3) is 3.56. The van der Waals surface area contributed by atoms with Crippen LogP contribution in [0.5, 0.6) is 0 Å². The van der Waals surface area contributed by atoms with E-state index in [2.05, 4.69) is 43.1 Å². The smallest absolute Gasteiger partial charge is 0.228 e. The van der Waals surface area contributed by atoms with Crippen molar-refractivity contribution in [2.24, 2.45) is 11.7 Å². The molecule has 1 aliphatic rings. The highest BCUT2D eigenvalue weighted by molar-refractivity contribution is 6.28. The number of aliphatic hydroxyl groups excluding tert-OH is 1. The number of benzene rings is 2. The Kier molecular flexibility index (Phi) is 5.34. The monoisotopic (exact) mass is 462 g/mol. The number of H-pyrrole nitrogens is 1. The van der Waals surface area contributed by atoms with Gasteiger partial charge in [0.25, 0.3) is 0 Å². The fraction of sp³-hybridized carbons (Fsp3) is 0.296. The molecule has 0 saturated heterocycles. The van der Waals surface area contributed by atoms with E-state index in [1.807, 2.05) is 24.4 Å². The third-order valence-corrected chi connectivity index (χ3v) is 7.38. The summed E-state index contributed by atoms with van der Waals surface area (Å²) in [6.07, 6.45) is 3.09. The van der Waals surface area contributed by atoms with E-state index in [4.69, 9.17) is 21.8 Å². The molecule has 1 amide bonds. The van der Waals surface area contributed by atoms with Gasteiger partial charge in [-0.15, -0.1) is 0 Å². The fourth-order valence-corrected chi connectivity index (χ4v) is 5.62. The maximum absolute atomic E-state index is 13.0. The molecular formula is C27H27ClN2O3. The number of hydrogen-bond acceptors (Lipinski definition) is 3. The molecule has 0 radical (unpaired) electrons. The third-order valence-electron chi connectivity index (χ3n) is 7.18. The molecule has 0 spiro atoms. The van der Waals surface area contributed by atoms with Gasteiger partial charge < -0.3 is 20.2 Å². The van der Waals surface area contributed by atoms with Crippen LogP contribution in [-0.2, 0) is 16.6 Å². The van der Waals surface area contributed by atoms with Gasteiger partial charge in [-0.1, -0.05) is 29.8 Å². The van der Waals surface area contributed by atoms with Crippen molar-refractivity contribution in [2.75, 3.05) is 6.61 Å². The number of aryl methyl sites for hydroxylation is 2. The molecule has 4 N–H and O–H groups in total. The standard InChI is InChI=1S/C27H27ClN2O3/c1-15-3-5-19(16(2)11-15)25(23-7-8-24(28)33-23)21-13-27(21,26(29)32)18-4-6-22-20(12-18)17(9-10-31)14-30-22/h3-8,11-12,14,21,25,30-31H,9-10,13H2,1-2H3,(H2,29,32). The molecule has 2 aromatic heterocycles. The highest BCUT2D eigenvalue weighted by Gasteiger charge is 2.64. The average Bonchev–Trinajstić information content (AvgIpc) is 3.18. The van der Waals surface area contributed by atoms with Gasteiger partial charge in [-0.2, -0.15) is 0 Å². The molecule has 0 aliphatic heterocycles. The van der Waals surface area contributed by atoms with Crippen LogP contribution in [0.2, 0.25) is 5.22 Å². The molecule has 5 nitrogen and oxygen atoms in total. The van der Waals surface area contributed by atoms with Crippen molar-refractivity contribution < 1.29 is 14.3 Å². The molecule has 1 saturated carbocycles. The number of furan rings is 1. The lowest BCUT2D eigenvalue weighted by molar-refractivity contribution is -0.120. The number of carbonyl (C=O) groups is 1. The molecular weight excluding hydrogens is 436 g/mol. The van der Waals surface area contributed by atoms with Crippen molar-refractivity contribution in [2.45, 2.75) is 38.0 Å². The fourth-order valence-electron chi connectivity index (χ4n) is 5.47. The Hall–Kier alpha value is -3.02. The number of aliphatic hydroxyl groups is 1. The number of aromatic nitrogens is 1. The number of fused-ring (bicyclic) bond motifs is 1. The van der Waals surface area contributed by atoms with E-state index in [9.17, 15) is 9.90 Å². The summed E-state index contributed by atoms with van der Waals surface area (Å²) in [7, 11) is 0. The normalized spacial score (nSPS) is 20.8. The van der Waals surface area contributed by atoms with Crippen LogP contribution in [-0.4, -0.2) is 22.6 Å². The van der Waals surface area contributed by atoms with Crippen LogP contribution < -0.4 is 5.73 Å². The van der Waals surface area contributed by atoms with E-state index < -0.39 is 5.41 Å². The largest absolute Gasteiger partial charge is 0.449 e. The maximum Gasteiger partial charge on any atom is 0.228 e. The van der Waals surface area contributed by atoms with Gasteiger partial charge in [-0.3, -0.25) is 4.79 Å². The molecule has 6 heteroatoms. The molecule has 3 atom stereocenters. The summed E-state index contributed by atoms with van der Waals surface area (Å²) in [6, 6.07) is 16.0. The molecule has 2 aromatic carbocycles. The summed E-state index contributed by atoms with van der Waals surface area (Å²) in [5, 5.41) is 10.8. The van der Waals surface area contributed by atoms with Gasteiger partial charge in [0, 0.05) is 29.6 Å². The first-order valence-corrected chi connectivity index (χ1v) is 11.6. The average molecular weight is 463 g/mol. The van der Waals surface area contributed by atoms with E-state index >= 15 is 0 Å². The van der Waals surface area contributed by atoms with E-state index in [0.29, 0.717) is 18.1 Å². The van der Waals surface area contributed by atoms with Crippen molar-refractivity contribution in [1.29, 1.82) is 0 Å². The summed E-state index contributed by atoms with van der Waals surface area (Å²) in [6.45, 7) is 4.21. The van der Waals surface area contributed by atoms with E-state index in [0.717, 1.165) is 38.9 Å². The topological polar surface area (TPSA) is 92.2 Å². The second kappa shape index (κ2) is 8.08. The second-order valence-corrected chi connectivity index (χ2v) is 9.55. The lowest BCUT2D eigenvalue weighted by Gasteiger charge is -2.22. The highest BCUT2D eigenvalue weighted by Crippen LogP contribution is 2.62. The summed E-state index contributed by atoms with van der Waals surface area (Å²) in [5.74, 6) is 0.197. The van der Waals surface area contributed by atoms with Crippen LogP contribution in [0, 0.1) is 19.8 Å². The number of nitrogens with two attached hydrogens (primary N) is 1. The van der Waals surface area contributed by atoms with Gasteiger partial charge >= 0.3 is 0 Å². The number of hydrogen-bond donors (Lipinski definition) is 3. The number of rotatable bonds is 7. The summed E-state index contributed by atoms with van der Waals surface area (Å²) >= 11 is 6.15. The van der Waals surface area contributed by atoms with E-state index in [1.165, 1.54) is 5.56 Å². The van der Waals surface area contributed by atoms with Crippen LogP contribution in [0.3, 0.4) is 0 Å². The van der Waals surface area contributed by atoms with Crippen LogP contribution in [0.4, 0.5) is 0 Å². The van der Waals surface area contributed by atoms with E-state index in [-0.39, 0.29) is 24.3 Å². The predicted octanol–water partition coefficient (Wildman–Crippen LogP) is 5.14. The minimum Gasteiger partial charge on any atom is -0.449 e. The van der Waals surface area contributed by atoms with Crippen LogP contribution >= 0.6 is 11.6 Å². The Morgan fingerprint density at radius 3 is 2.73 bits per heavy atom. The molecule has 4 aromatic rings. The van der Waals surface area contributed by atoms with Crippen molar-refractivity contribution in [3.05, 3.63) is 93.5 Å². The van der Waals surface area contributed by atoms with Crippen molar-refractivity contribution in [1.82, 2.24) is 4.98 Å². The Balaban J connectivity index is 1.63. The van der Waals surface area contributed by atoms with Crippen LogP contribution in [0.1, 0.15) is 45.9 Å². The minimum atomic E-state index is -0.802. The molecule has 5 rings (SSSR count). The summed E-state index contributed by atoms with van der Waals surface area (Å²) in [4.78, 5) is 16.3. The van der Waals surface area contributed by atoms with Crippen molar-refractivity contribution in [3.8, 4) is 0 Å².